The molecule has 2 heterocycles. The average Bonchev–Trinajstić information content (AvgIpc) is 3.17. The van der Waals surface area contributed by atoms with Crippen molar-refractivity contribution in [1.29, 1.82) is 0 Å². The fraction of sp³-hybridized carbons (Fsp3) is 0.182. The number of hydrogen-bond donors (Lipinski definition) is 1. The topological polar surface area (TPSA) is 54.3 Å². The number of carbonyl (C=O) groups excluding carboxylic acids is 2. The van der Waals surface area contributed by atoms with Crippen LogP contribution in [-0.4, -0.2) is 28.7 Å². The highest BCUT2D eigenvalue weighted by molar-refractivity contribution is 7.99. The Kier molecular flexibility index (Phi) is 5.21. The van der Waals surface area contributed by atoms with Gasteiger partial charge < -0.3 is 14.8 Å². The molecule has 0 bridgehead atoms. The third kappa shape index (κ3) is 3.82. The summed E-state index contributed by atoms with van der Waals surface area (Å²) in [5, 5.41) is 3.94. The van der Waals surface area contributed by atoms with Crippen LogP contribution in [0.1, 0.15) is 11.1 Å². The summed E-state index contributed by atoms with van der Waals surface area (Å²) in [5.74, 6) is 0.0428. The SMILES string of the molecule is Cc1ccc(CNC(=O)CN2C(=O)CSc3cccn3-c3ccccc32)cc1. The number of amides is 2. The Morgan fingerprint density at radius 1 is 1.04 bits per heavy atom. The number of aromatic nitrogens is 1. The van der Waals surface area contributed by atoms with Crippen LogP contribution in [0.2, 0.25) is 0 Å². The minimum Gasteiger partial charge on any atom is -0.350 e. The molecule has 3 aromatic rings. The zero-order chi connectivity index (χ0) is 19.5. The summed E-state index contributed by atoms with van der Waals surface area (Å²) in [6.07, 6.45) is 1.98. The summed E-state index contributed by atoms with van der Waals surface area (Å²) < 4.78 is 2.06. The summed E-state index contributed by atoms with van der Waals surface area (Å²) in [7, 11) is 0. The number of rotatable bonds is 4. The number of para-hydroxylation sites is 2. The number of aryl methyl sites for hydroxylation is 1. The maximum atomic E-state index is 12.8. The van der Waals surface area contributed by atoms with Crippen LogP contribution in [0.5, 0.6) is 0 Å². The highest BCUT2D eigenvalue weighted by Gasteiger charge is 2.25. The van der Waals surface area contributed by atoms with Gasteiger partial charge in [0, 0.05) is 12.7 Å². The van der Waals surface area contributed by atoms with E-state index in [4.69, 9.17) is 0 Å². The van der Waals surface area contributed by atoms with Gasteiger partial charge in [-0.05, 0) is 36.8 Å². The number of fused-ring (bicyclic) bond motifs is 3. The second-order valence-electron chi connectivity index (χ2n) is 6.74. The van der Waals surface area contributed by atoms with Crippen LogP contribution >= 0.6 is 11.8 Å². The second kappa shape index (κ2) is 7.94. The number of anilines is 1. The molecule has 2 amide bonds. The summed E-state index contributed by atoms with van der Waals surface area (Å²) in [4.78, 5) is 27.0. The molecule has 2 aromatic carbocycles. The van der Waals surface area contributed by atoms with Gasteiger partial charge in [-0.25, -0.2) is 0 Å². The third-order valence-electron chi connectivity index (χ3n) is 4.70. The largest absolute Gasteiger partial charge is 0.350 e. The fourth-order valence-corrected chi connectivity index (χ4v) is 4.11. The Bertz CT molecular complexity index is 1010. The molecule has 0 unspecified atom stereocenters. The Morgan fingerprint density at radius 3 is 2.57 bits per heavy atom. The predicted molar refractivity (Wildman–Crippen MR) is 112 cm³/mol. The summed E-state index contributed by atoms with van der Waals surface area (Å²) >= 11 is 1.48. The molecule has 5 nitrogen and oxygen atoms in total. The third-order valence-corrected chi connectivity index (χ3v) is 5.72. The van der Waals surface area contributed by atoms with Gasteiger partial charge in [-0.1, -0.05) is 53.7 Å². The van der Waals surface area contributed by atoms with Crippen molar-refractivity contribution in [3.8, 4) is 5.69 Å². The first-order valence-corrected chi connectivity index (χ1v) is 10.1. The first kappa shape index (κ1) is 18.4. The molecule has 1 aliphatic rings. The normalized spacial score (nSPS) is 13.3. The van der Waals surface area contributed by atoms with Crippen molar-refractivity contribution >= 4 is 29.3 Å². The van der Waals surface area contributed by atoms with Crippen molar-refractivity contribution in [2.24, 2.45) is 0 Å². The van der Waals surface area contributed by atoms with Crippen molar-refractivity contribution in [2.75, 3.05) is 17.2 Å². The molecular weight excluding hydrogens is 370 g/mol. The van der Waals surface area contributed by atoms with Crippen molar-refractivity contribution in [1.82, 2.24) is 9.88 Å². The van der Waals surface area contributed by atoms with Gasteiger partial charge in [0.25, 0.3) is 0 Å². The van der Waals surface area contributed by atoms with E-state index in [1.807, 2.05) is 73.8 Å². The molecule has 0 aliphatic carbocycles. The van der Waals surface area contributed by atoms with Crippen molar-refractivity contribution in [3.63, 3.8) is 0 Å². The monoisotopic (exact) mass is 391 g/mol. The number of nitrogens with one attached hydrogen (secondary N) is 1. The van der Waals surface area contributed by atoms with Gasteiger partial charge in [0.05, 0.1) is 22.2 Å². The van der Waals surface area contributed by atoms with E-state index in [0.29, 0.717) is 12.3 Å². The summed E-state index contributed by atoms with van der Waals surface area (Å²) in [6.45, 7) is 2.47. The Morgan fingerprint density at radius 2 is 1.79 bits per heavy atom. The number of benzene rings is 2. The van der Waals surface area contributed by atoms with E-state index in [0.717, 1.165) is 22.0 Å². The smallest absolute Gasteiger partial charge is 0.240 e. The van der Waals surface area contributed by atoms with E-state index in [-0.39, 0.29) is 18.4 Å². The van der Waals surface area contributed by atoms with Gasteiger partial charge in [-0.3, -0.25) is 9.59 Å². The minimum absolute atomic E-state index is 0.00112. The Hall–Kier alpha value is -2.99. The lowest BCUT2D eigenvalue weighted by Gasteiger charge is -2.27. The van der Waals surface area contributed by atoms with Crippen LogP contribution in [0.25, 0.3) is 5.69 Å². The van der Waals surface area contributed by atoms with E-state index in [1.165, 1.54) is 17.3 Å². The highest BCUT2D eigenvalue weighted by Crippen LogP contribution is 2.32. The standard InChI is InChI=1S/C22H21N3O2S/c1-16-8-10-17(11-9-16)13-23-20(26)14-25-19-6-3-2-5-18(19)24-12-4-7-22(24)28-15-21(25)27/h2-12H,13-15H2,1H3,(H,23,26). The quantitative estimate of drug-likeness (QED) is 0.740. The van der Waals surface area contributed by atoms with Gasteiger partial charge in [-0.2, -0.15) is 0 Å². The van der Waals surface area contributed by atoms with E-state index in [9.17, 15) is 9.59 Å². The molecule has 28 heavy (non-hydrogen) atoms. The van der Waals surface area contributed by atoms with Crippen LogP contribution in [0.3, 0.4) is 0 Å². The Labute approximate surface area is 168 Å². The molecule has 6 heteroatoms. The van der Waals surface area contributed by atoms with Crippen LogP contribution < -0.4 is 10.2 Å². The summed E-state index contributed by atoms with van der Waals surface area (Å²) in [6, 6.07) is 19.7. The van der Waals surface area contributed by atoms with Gasteiger partial charge in [0.15, 0.2) is 0 Å². The Balaban J connectivity index is 1.54. The molecule has 0 atom stereocenters. The lowest BCUT2D eigenvalue weighted by molar-refractivity contribution is -0.123. The number of hydrogen-bond acceptors (Lipinski definition) is 3. The molecule has 1 N–H and O–H groups in total. The van der Waals surface area contributed by atoms with Crippen molar-refractivity contribution in [2.45, 2.75) is 18.5 Å². The molecule has 142 valence electrons. The van der Waals surface area contributed by atoms with Gasteiger partial charge in [0.1, 0.15) is 6.54 Å². The zero-order valence-electron chi connectivity index (χ0n) is 15.6. The van der Waals surface area contributed by atoms with Gasteiger partial charge in [-0.15, -0.1) is 0 Å². The molecule has 1 aromatic heterocycles. The molecule has 0 fully saturated rings. The first-order chi connectivity index (χ1) is 13.6. The van der Waals surface area contributed by atoms with Gasteiger partial charge >= 0.3 is 0 Å². The zero-order valence-corrected chi connectivity index (χ0v) is 16.4. The van der Waals surface area contributed by atoms with Crippen molar-refractivity contribution in [3.05, 3.63) is 78.0 Å². The van der Waals surface area contributed by atoms with Gasteiger partial charge in [0.2, 0.25) is 11.8 Å². The van der Waals surface area contributed by atoms with E-state index in [1.54, 1.807) is 4.90 Å². The average molecular weight is 391 g/mol. The number of thioether (sulfide) groups is 1. The molecule has 4 rings (SSSR count). The van der Waals surface area contributed by atoms with Crippen LogP contribution in [0.15, 0.2) is 71.9 Å². The molecule has 0 saturated carbocycles. The lowest BCUT2D eigenvalue weighted by atomic mass is 10.1. The van der Waals surface area contributed by atoms with Crippen LogP contribution in [0, 0.1) is 6.92 Å². The van der Waals surface area contributed by atoms with E-state index < -0.39 is 0 Å². The first-order valence-electron chi connectivity index (χ1n) is 9.14. The van der Waals surface area contributed by atoms with E-state index in [2.05, 4.69) is 9.88 Å². The molecular formula is C22H21N3O2S. The molecule has 0 spiro atoms. The van der Waals surface area contributed by atoms with Crippen molar-refractivity contribution < 1.29 is 9.59 Å². The minimum atomic E-state index is -0.179. The van der Waals surface area contributed by atoms with E-state index >= 15 is 0 Å². The maximum Gasteiger partial charge on any atom is 0.240 e. The lowest BCUT2D eigenvalue weighted by Crippen LogP contribution is -2.42. The number of nitrogens with zero attached hydrogens (tertiary/aromatic N) is 2. The number of carbonyl (C=O) groups is 2. The van der Waals surface area contributed by atoms with Crippen LogP contribution in [0.4, 0.5) is 5.69 Å². The fourth-order valence-electron chi connectivity index (χ4n) is 3.21. The molecule has 1 aliphatic heterocycles. The predicted octanol–water partition coefficient (Wildman–Crippen LogP) is 3.54. The summed E-state index contributed by atoms with van der Waals surface area (Å²) in [5.41, 5.74) is 3.86. The second-order valence-corrected chi connectivity index (χ2v) is 7.73. The van der Waals surface area contributed by atoms with Crippen LogP contribution in [-0.2, 0) is 16.1 Å². The maximum absolute atomic E-state index is 12.8. The molecule has 0 saturated heterocycles. The highest BCUT2D eigenvalue weighted by atomic mass is 32.2. The molecule has 0 radical (unpaired) electrons.